The van der Waals surface area contributed by atoms with Crippen molar-refractivity contribution in [3.63, 3.8) is 0 Å². The molecular formula is C23H35NO4. The van der Waals surface area contributed by atoms with Crippen LogP contribution in [0.4, 0.5) is 0 Å². The first-order chi connectivity index (χ1) is 13.1. The molecule has 1 amide bonds. The summed E-state index contributed by atoms with van der Waals surface area (Å²) in [5.41, 5.74) is -1.31. The zero-order valence-corrected chi connectivity index (χ0v) is 17.8. The fraction of sp³-hybridized carbons (Fsp3) is 0.826. The van der Waals surface area contributed by atoms with Crippen molar-refractivity contribution in [2.75, 3.05) is 6.54 Å². The molecule has 3 rings (SSSR count). The first-order valence-corrected chi connectivity index (χ1v) is 11.0. The van der Waals surface area contributed by atoms with Crippen LogP contribution in [0.1, 0.15) is 79.1 Å². The van der Waals surface area contributed by atoms with Crippen molar-refractivity contribution in [1.29, 1.82) is 0 Å². The van der Waals surface area contributed by atoms with Gasteiger partial charge < -0.3 is 5.32 Å². The number of hydrogen-bond donors (Lipinski definition) is 1. The van der Waals surface area contributed by atoms with Gasteiger partial charge in [-0.25, -0.2) is 0 Å². The Morgan fingerprint density at radius 3 is 2.50 bits per heavy atom. The maximum Gasteiger partial charge on any atom is 0.220 e. The molecule has 0 aromatic carbocycles. The first-order valence-electron chi connectivity index (χ1n) is 11.0. The molecule has 0 unspecified atom stereocenters. The number of amides is 1. The van der Waals surface area contributed by atoms with Crippen molar-refractivity contribution in [2.24, 2.45) is 34.5 Å². The Bertz CT molecular complexity index is 686. The van der Waals surface area contributed by atoms with Crippen LogP contribution in [0.5, 0.6) is 0 Å². The van der Waals surface area contributed by atoms with Crippen molar-refractivity contribution in [2.45, 2.75) is 79.1 Å². The Labute approximate surface area is 168 Å². The summed E-state index contributed by atoms with van der Waals surface area (Å²) < 4.78 is 0. The summed E-state index contributed by atoms with van der Waals surface area (Å²) in [6.07, 6.45) is 4.52. The van der Waals surface area contributed by atoms with E-state index in [1.165, 1.54) is 0 Å². The molecule has 0 radical (unpaired) electrons. The zero-order chi connectivity index (χ0) is 20.7. The monoisotopic (exact) mass is 389 g/mol. The molecule has 156 valence electrons. The molecule has 3 saturated carbocycles. The van der Waals surface area contributed by atoms with Crippen LogP contribution in [0.25, 0.3) is 0 Å². The standard InChI is InChI=1S/C23H35NO4/c1-5-14(2)13-24-20(28)10-11-22(3)18(26)8-6-15-16-7-9-19(27)23(16,4)12-17(25)21(15)22/h14-16,21H,5-13H2,1-4H3,(H,24,28)/t14-,15-,16-,21+,22-,23-/m0/s1. The number of Topliss-reactive ketones (excluding diaryl/α,β-unsaturated/α-hetero) is 3. The highest BCUT2D eigenvalue weighted by atomic mass is 16.2. The molecule has 3 aliphatic rings. The van der Waals surface area contributed by atoms with Gasteiger partial charge in [0.1, 0.15) is 17.3 Å². The van der Waals surface area contributed by atoms with E-state index in [-0.39, 0.29) is 53.9 Å². The fourth-order valence-corrected chi connectivity index (χ4v) is 6.10. The second-order valence-corrected chi connectivity index (χ2v) is 9.97. The minimum absolute atomic E-state index is 0.0411. The van der Waals surface area contributed by atoms with Crippen LogP contribution in [0.15, 0.2) is 0 Å². The maximum atomic E-state index is 13.2. The SMILES string of the molecule is CC[C@H](C)CNC(=O)CC[C@@]1(C)C(=O)CC[C@@H]2[C@@H]1C(=O)C[C@]1(C)C(=O)CC[C@@H]21. The van der Waals surface area contributed by atoms with Gasteiger partial charge in [0.25, 0.3) is 0 Å². The van der Waals surface area contributed by atoms with Gasteiger partial charge in [-0.2, -0.15) is 0 Å². The average molecular weight is 390 g/mol. The Morgan fingerprint density at radius 1 is 1.14 bits per heavy atom. The van der Waals surface area contributed by atoms with E-state index >= 15 is 0 Å². The lowest BCUT2D eigenvalue weighted by atomic mass is 9.48. The van der Waals surface area contributed by atoms with E-state index in [1.54, 1.807) is 0 Å². The van der Waals surface area contributed by atoms with Gasteiger partial charge in [-0.3, -0.25) is 19.2 Å². The number of rotatable bonds is 6. The second-order valence-electron chi connectivity index (χ2n) is 9.97. The molecule has 5 nitrogen and oxygen atoms in total. The minimum Gasteiger partial charge on any atom is -0.356 e. The van der Waals surface area contributed by atoms with Gasteiger partial charge >= 0.3 is 0 Å². The van der Waals surface area contributed by atoms with Crippen molar-refractivity contribution < 1.29 is 19.2 Å². The van der Waals surface area contributed by atoms with Crippen LogP contribution >= 0.6 is 0 Å². The Kier molecular flexibility index (Phi) is 5.84. The molecule has 28 heavy (non-hydrogen) atoms. The van der Waals surface area contributed by atoms with Crippen molar-refractivity contribution >= 4 is 23.3 Å². The first kappa shape index (κ1) is 21.2. The Hall–Kier alpha value is -1.52. The van der Waals surface area contributed by atoms with E-state index in [1.807, 2.05) is 13.8 Å². The summed E-state index contributed by atoms with van der Waals surface area (Å²) in [4.78, 5) is 50.9. The van der Waals surface area contributed by atoms with Gasteiger partial charge in [0.15, 0.2) is 0 Å². The smallest absolute Gasteiger partial charge is 0.220 e. The third-order valence-electron chi connectivity index (χ3n) is 8.22. The second kappa shape index (κ2) is 7.72. The van der Waals surface area contributed by atoms with Crippen LogP contribution < -0.4 is 5.32 Å². The van der Waals surface area contributed by atoms with E-state index < -0.39 is 10.8 Å². The van der Waals surface area contributed by atoms with E-state index in [9.17, 15) is 19.2 Å². The lowest BCUT2D eigenvalue weighted by Gasteiger charge is -2.52. The lowest BCUT2D eigenvalue weighted by Crippen LogP contribution is -2.56. The third-order valence-corrected chi connectivity index (χ3v) is 8.22. The Balaban J connectivity index is 1.75. The quantitative estimate of drug-likeness (QED) is 0.754. The molecule has 0 aromatic heterocycles. The molecular weight excluding hydrogens is 354 g/mol. The van der Waals surface area contributed by atoms with Crippen LogP contribution in [0, 0.1) is 34.5 Å². The maximum absolute atomic E-state index is 13.2. The van der Waals surface area contributed by atoms with Crippen LogP contribution in [0.3, 0.4) is 0 Å². The largest absolute Gasteiger partial charge is 0.356 e. The number of nitrogens with one attached hydrogen (secondary N) is 1. The number of fused-ring (bicyclic) bond motifs is 3. The molecule has 5 heteroatoms. The summed E-state index contributed by atoms with van der Waals surface area (Å²) in [6, 6.07) is 0. The highest BCUT2D eigenvalue weighted by Crippen LogP contribution is 2.60. The average Bonchev–Trinajstić information content (AvgIpc) is 2.95. The zero-order valence-electron chi connectivity index (χ0n) is 17.8. The summed E-state index contributed by atoms with van der Waals surface area (Å²) >= 11 is 0. The number of carbonyl (C=O) groups excluding carboxylic acids is 4. The van der Waals surface area contributed by atoms with Gasteiger partial charge in [-0.05, 0) is 37.0 Å². The Morgan fingerprint density at radius 2 is 1.82 bits per heavy atom. The van der Waals surface area contributed by atoms with Crippen LogP contribution in [-0.4, -0.2) is 29.8 Å². The number of hydrogen-bond acceptors (Lipinski definition) is 4. The predicted octanol–water partition coefficient (Wildman–Crippen LogP) is 3.49. The number of carbonyl (C=O) groups is 4. The van der Waals surface area contributed by atoms with Crippen LogP contribution in [-0.2, 0) is 19.2 Å². The molecule has 0 aromatic rings. The highest BCUT2D eigenvalue weighted by Gasteiger charge is 2.62. The van der Waals surface area contributed by atoms with Gasteiger partial charge in [0.2, 0.25) is 5.91 Å². The molecule has 0 aliphatic heterocycles. The van der Waals surface area contributed by atoms with Gasteiger partial charge in [0.05, 0.1) is 0 Å². The summed E-state index contributed by atoms with van der Waals surface area (Å²) in [6.45, 7) is 8.68. The number of ketones is 3. The highest BCUT2D eigenvalue weighted by molar-refractivity contribution is 5.99. The van der Waals surface area contributed by atoms with E-state index in [0.717, 1.165) is 12.8 Å². The molecule has 1 N–H and O–H groups in total. The topological polar surface area (TPSA) is 80.3 Å². The lowest BCUT2D eigenvalue weighted by molar-refractivity contribution is -0.160. The molecule has 0 saturated heterocycles. The molecule has 3 aliphatic carbocycles. The van der Waals surface area contributed by atoms with E-state index in [0.29, 0.717) is 38.1 Å². The minimum atomic E-state index is -0.777. The van der Waals surface area contributed by atoms with Gasteiger partial charge in [0, 0.05) is 49.0 Å². The summed E-state index contributed by atoms with van der Waals surface area (Å²) in [5, 5.41) is 2.96. The molecule has 3 fully saturated rings. The summed E-state index contributed by atoms with van der Waals surface area (Å²) in [7, 11) is 0. The molecule has 0 heterocycles. The van der Waals surface area contributed by atoms with Gasteiger partial charge in [-0.1, -0.05) is 34.1 Å². The molecule has 0 bridgehead atoms. The van der Waals surface area contributed by atoms with Crippen molar-refractivity contribution in [1.82, 2.24) is 5.32 Å². The normalized spacial score (nSPS) is 38.7. The van der Waals surface area contributed by atoms with E-state index in [4.69, 9.17) is 0 Å². The molecule has 0 spiro atoms. The van der Waals surface area contributed by atoms with E-state index in [2.05, 4.69) is 19.2 Å². The van der Waals surface area contributed by atoms with Crippen molar-refractivity contribution in [3.8, 4) is 0 Å². The fourth-order valence-electron chi connectivity index (χ4n) is 6.10. The third kappa shape index (κ3) is 3.46. The van der Waals surface area contributed by atoms with Crippen molar-refractivity contribution in [3.05, 3.63) is 0 Å². The predicted molar refractivity (Wildman–Crippen MR) is 106 cm³/mol. The summed E-state index contributed by atoms with van der Waals surface area (Å²) in [5.74, 6) is 0.753. The van der Waals surface area contributed by atoms with Gasteiger partial charge in [-0.15, -0.1) is 0 Å². The molecule has 6 atom stereocenters. The van der Waals surface area contributed by atoms with Crippen LogP contribution in [0.2, 0.25) is 0 Å².